The van der Waals surface area contributed by atoms with E-state index in [1.54, 1.807) is 0 Å². The molecule has 3 rings (SSSR count). The summed E-state index contributed by atoms with van der Waals surface area (Å²) in [5.74, 6) is -1.33. The van der Waals surface area contributed by atoms with E-state index in [-0.39, 0.29) is 30.6 Å². The third-order valence-electron chi connectivity index (χ3n) is 3.92. The Morgan fingerprint density at radius 2 is 2.04 bits per heavy atom. The third-order valence-corrected chi connectivity index (χ3v) is 3.92. The van der Waals surface area contributed by atoms with Gasteiger partial charge in [0.15, 0.2) is 0 Å². The molecule has 0 aliphatic carbocycles. The SMILES string of the molecule is O=C(c1ccccc1OC(F)(F)C(F)F)N1CCc2c(nc[nH]c2=O)C1. The number of halogens is 4. The largest absolute Gasteiger partial charge is 0.461 e. The molecule has 2 heterocycles. The average Bonchev–Trinajstić information content (AvgIpc) is 2.61. The van der Waals surface area contributed by atoms with E-state index in [0.29, 0.717) is 11.3 Å². The second-order valence-electron chi connectivity index (χ2n) is 5.59. The smallest absolute Gasteiger partial charge is 0.427 e. The van der Waals surface area contributed by atoms with Crippen LogP contribution in [0.15, 0.2) is 35.4 Å². The van der Waals surface area contributed by atoms with Crippen LogP contribution in [0.2, 0.25) is 0 Å². The van der Waals surface area contributed by atoms with Crippen molar-refractivity contribution in [1.82, 2.24) is 14.9 Å². The number of alkyl halides is 4. The molecule has 6 nitrogen and oxygen atoms in total. The van der Waals surface area contributed by atoms with Gasteiger partial charge in [0.2, 0.25) is 0 Å². The molecule has 0 atom stereocenters. The molecule has 10 heteroatoms. The molecule has 26 heavy (non-hydrogen) atoms. The minimum Gasteiger partial charge on any atom is -0.427 e. The molecule has 0 saturated heterocycles. The molecule has 1 aliphatic heterocycles. The van der Waals surface area contributed by atoms with Crippen LogP contribution < -0.4 is 10.3 Å². The first kappa shape index (κ1) is 17.9. The number of ether oxygens (including phenoxy) is 1. The van der Waals surface area contributed by atoms with Crippen LogP contribution in [0.5, 0.6) is 5.75 Å². The number of aromatic nitrogens is 2. The fourth-order valence-corrected chi connectivity index (χ4v) is 2.63. The molecule has 1 N–H and O–H groups in total. The van der Waals surface area contributed by atoms with Crippen LogP contribution in [0.3, 0.4) is 0 Å². The Kier molecular flexibility index (Phi) is 4.66. The Bertz CT molecular complexity index is 885. The van der Waals surface area contributed by atoms with Gasteiger partial charge in [0, 0.05) is 12.1 Å². The number of amides is 1. The summed E-state index contributed by atoms with van der Waals surface area (Å²) in [6.07, 6.45) is -7.32. The highest BCUT2D eigenvalue weighted by atomic mass is 19.3. The second kappa shape index (κ2) is 6.77. The molecular weight excluding hydrogens is 358 g/mol. The molecule has 0 unspecified atom stereocenters. The predicted octanol–water partition coefficient (Wildman–Crippen LogP) is 2.21. The lowest BCUT2D eigenvalue weighted by atomic mass is 10.1. The van der Waals surface area contributed by atoms with E-state index >= 15 is 0 Å². The highest BCUT2D eigenvalue weighted by Gasteiger charge is 2.44. The lowest BCUT2D eigenvalue weighted by Crippen LogP contribution is -2.39. The van der Waals surface area contributed by atoms with Gasteiger partial charge < -0.3 is 14.6 Å². The number of hydrogen-bond donors (Lipinski definition) is 1. The number of H-pyrrole nitrogens is 1. The van der Waals surface area contributed by atoms with E-state index < -0.39 is 24.2 Å². The van der Waals surface area contributed by atoms with Gasteiger partial charge in [0.05, 0.1) is 24.1 Å². The van der Waals surface area contributed by atoms with Gasteiger partial charge in [-0.25, -0.2) is 4.98 Å². The highest BCUT2D eigenvalue weighted by molar-refractivity contribution is 5.97. The van der Waals surface area contributed by atoms with Crippen LogP contribution in [-0.4, -0.2) is 39.9 Å². The van der Waals surface area contributed by atoms with Gasteiger partial charge in [-0.05, 0) is 18.6 Å². The Morgan fingerprint density at radius 3 is 2.77 bits per heavy atom. The van der Waals surface area contributed by atoms with Crippen LogP contribution in [0.1, 0.15) is 21.6 Å². The summed E-state index contributed by atoms with van der Waals surface area (Å²) in [7, 11) is 0. The van der Waals surface area contributed by atoms with Crippen molar-refractivity contribution in [2.45, 2.75) is 25.5 Å². The first-order valence-electron chi connectivity index (χ1n) is 7.58. The zero-order chi connectivity index (χ0) is 18.9. The number of benzene rings is 1. The number of nitrogens with zero attached hydrogens (tertiary/aromatic N) is 2. The fraction of sp³-hybridized carbons (Fsp3) is 0.312. The zero-order valence-corrected chi connectivity index (χ0v) is 13.2. The molecule has 1 aromatic carbocycles. The molecule has 2 aromatic rings. The first-order valence-corrected chi connectivity index (χ1v) is 7.58. The maximum Gasteiger partial charge on any atom is 0.461 e. The maximum atomic E-state index is 13.2. The number of fused-ring (bicyclic) bond motifs is 1. The standard InChI is InChI=1S/C16H13F4N3O3/c17-15(18)16(19,20)26-12-4-2-1-3-10(12)14(25)23-6-5-9-11(7-23)21-8-22-13(9)24/h1-4,8,15H,5-7H2,(H,21,22,24). The average molecular weight is 371 g/mol. The number of rotatable bonds is 4. The summed E-state index contributed by atoms with van der Waals surface area (Å²) in [4.78, 5) is 32.1. The summed E-state index contributed by atoms with van der Waals surface area (Å²) >= 11 is 0. The Labute approximate surface area is 144 Å². The predicted molar refractivity (Wildman–Crippen MR) is 81.3 cm³/mol. The minimum absolute atomic E-state index is 0.00232. The summed E-state index contributed by atoms with van der Waals surface area (Å²) in [5, 5.41) is 0. The molecule has 0 saturated carbocycles. The quantitative estimate of drug-likeness (QED) is 0.837. The topological polar surface area (TPSA) is 75.3 Å². The Morgan fingerprint density at radius 1 is 1.31 bits per heavy atom. The molecule has 1 aliphatic rings. The van der Waals surface area contributed by atoms with E-state index in [0.717, 1.165) is 6.07 Å². The summed E-state index contributed by atoms with van der Waals surface area (Å²) in [6, 6.07) is 4.92. The van der Waals surface area contributed by atoms with Crippen molar-refractivity contribution in [1.29, 1.82) is 0 Å². The lowest BCUT2D eigenvalue weighted by molar-refractivity contribution is -0.253. The van der Waals surface area contributed by atoms with Crippen molar-refractivity contribution in [3.05, 3.63) is 57.8 Å². The molecular formula is C16H13F4N3O3. The third kappa shape index (κ3) is 3.39. The van der Waals surface area contributed by atoms with Gasteiger partial charge in [0.1, 0.15) is 5.75 Å². The normalized spacial score (nSPS) is 14.3. The first-order chi connectivity index (χ1) is 12.3. The van der Waals surface area contributed by atoms with Crippen LogP contribution >= 0.6 is 0 Å². The van der Waals surface area contributed by atoms with Crippen molar-refractivity contribution in [3.63, 3.8) is 0 Å². The fourth-order valence-electron chi connectivity index (χ4n) is 2.63. The van der Waals surface area contributed by atoms with Gasteiger partial charge >= 0.3 is 12.5 Å². The second-order valence-corrected chi connectivity index (χ2v) is 5.59. The highest BCUT2D eigenvalue weighted by Crippen LogP contribution is 2.31. The van der Waals surface area contributed by atoms with E-state index in [9.17, 15) is 27.2 Å². The van der Waals surface area contributed by atoms with Crippen molar-refractivity contribution < 1.29 is 27.1 Å². The summed E-state index contributed by atoms with van der Waals surface area (Å²) in [6.45, 7) is 0.151. The minimum atomic E-state index is -4.72. The Balaban J connectivity index is 1.86. The monoisotopic (exact) mass is 371 g/mol. The zero-order valence-electron chi connectivity index (χ0n) is 13.2. The van der Waals surface area contributed by atoms with Crippen molar-refractivity contribution >= 4 is 5.91 Å². The molecule has 138 valence electrons. The van der Waals surface area contributed by atoms with Crippen LogP contribution in [0.25, 0.3) is 0 Å². The molecule has 0 bridgehead atoms. The van der Waals surface area contributed by atoms with E-state index in [1.807, 2.05) is 0 Å². The van der Waals surface area contributed by atoms with Crippen molar-refractivity contribution in [2.24, 2.45) is 0 Å². The maximum absolute atomic E-state index is 13.2. The van der Waals surface area contributed by atoms with Gasteiger partial charge in [-0.1, -0.05) is 12.1 Å². The summed E-state index contributed by atoms with van der Waals surface area (Å²) in [5.41, 5.74) is 0.263. The van der Waals surface area contributed by atoms with Crippen LogP contribution in [-0.2, 0) is 13.0 Å². The van der Waals surface area contributed by atoms with Gasteiger partial charge in [0.25, 0.3) is 11.5 Å². The molecule has 0 radical (unpaired) electrons. The molecule has 1 amide bonds. The molecule has 0 fully saturated rings. The number of carbonyl (C=O) groups excluding carboxylic acids is 1. The van der Waals surface area contributed by atoms with Crippen molar-refractivity contribution in [2.75, 3.05) is 6.54 Å². The number of para-hydroxylation sites is 1. The van der Waals surface area contributed by atoms with Gasteiger partial charge in [-0.3, -0.25) is 9.59 Å². The molecule has 1 aromatic heterocycles. The summed E-state index contributed by atoms with van der Waals surface area (Å²) < 4.78 is 55.3. The van der Waals surface area contributed by atoms with Crippen molar-refractivity contribution in [3.8, 4) is 5.75 Å². The van der Waals surface area contributed by atoms with Crippen LogP contribution in [0.4, 0.5) is 17.6 Å². The van der Waals surface area contributed by atoms with E-state index in [4.69, 9.17) is 0 Å². The Hall–Kier alpha value is -2.91. The number of hydrogen-bond acceptors (Lipinski definition) is 4. The number of carbonyl (C=O) groups is 1. The molecule has 0 spiro atoms. The van der Waals surface area contributed by atoms with Crippen LogP contribution in [0, 0.1) is 0 Å². The number of aromatic amines is 1. The number of nitrogens with one attached hydrogen (secondary N) is 1. The van der Waals surface area contributed by atoms with Gasteiger partial charge in [-0.2, -0.15) is 17.6 Å². The van der Waals surface area contributed by atoms with E-state index in [2.05, 4.69) is 14.7 Å². The lowest BCUT2D eigenvalue weighted by Gasteiger charge is -2.28. The van der Waals surface area contributed by atoms with Gasteiger partial charge in [-0.15, -0.1) is 0 Å². The van der Waals surface area contributed by atoms with E-state index in [1.165, 1.54) is 29.4 Å².